The van der Waals surface area contributed by atoms with E-state index in [1.807, 2.05) is 0 Å². The zero-order valence-corrected chi connectivity index (χ0v) is 45.0. The van der Waals surface area contributed by atoms with Crippen LogP contribution in [-0.4, -0.2) is 168 Å². The molecule has 424 valence electrons. The molecular weight excluding hydrogens is 1010 g/mol. The Morgan fingerprint density at radius 1 is 0.658 bits per heavy atom. The van der Waals surface area contributed by atoms with Gasteiger partial charge in [-0.15, -0.1) is 11.8 Å². The normalized spacial score (nSPS) is 13.4. The monoisotopic (exact) mass is 1090 g/mol. The molecule has 8 amide bonds. The number of carboxylic acid groups (broad SMARTS) is 1. The number of likely N-dealkylation sites (tertiary alicyclic amines) is 1. The number of carbonyl (C=O) groups is 11. The molecule has 2 rings (SSSR count). The lowest BCUT2D eigenvalue weighted by molar-refractivity contribution is -0.166. The lowest BCUT2D eigenvalue weighted by Gasteiger charge is -2.16. The largest absolute Gasteiger partial charge is 0.481 e. The summed E-state index contributed by atoms with van der Waals surface area (Å²) in [5, 5.41) is 56.0. The number of carboxylic acids is 1. The van der Waals surface area contributed by atoms with Crippen molar-refractivity contribution in [2.45, 2.75) is 160 Å². The van der Waals surface area contributed by atoms with Crippen molar-refractivity contribution in [2.24, 2.45) is 5.92 Å². The number of benzene rings is 1. The average Bonchev–Trinajstić information content (AvgIpc) is 3.66. The molecule has 1 unspecified atom stereocenters. The Labute approximate surface area is 449 Å². The SMILES string of the molecule is CC(=N)CCCSC1CC(=O)N(CCCC[C@H](CC(=O)CNC(=O)c2cccc(C(=O)NCCCCCN(O)C(=O)CCC(=O)CCCCCCN(O)C(=O)CCC(=O)NCCCCCN(O)C(C)=O)c2)C(=O)O)C1=O. The maximum absolute atomic E-state index is 12.9. The summed E-state index contributed by atoms with van der Waals surface area (Å²) < 4.78 is 0. The summed E-state index contributed by atoms with van der Waals surface area (Å²) in [6.07, 6.45) is 7.61. The smallest absolute Gasteiger partial charge is 0.306 e. The number of hydroxylamine groups is 6. The van der Waals surface area contributed by atoms with Crippen molar-refractivity contribution in [2.75, 3.05) is 51.6 Å². The highest BCUT2D eigenvalue weighted by Gasteiger charge is 2.38. The third-order valence-electron chi connectivity index (χ3n) is 12.5. The number of carbonyl (C=O) groups excluding carboxylic acids is 10. The first-order valence-electron chi connectivity index (χ1n) is 26.3. The van der Waals surface area contributed by atoms with E-state index in [1.165, 1.54) is 47.9 Å². The number of unbranched alkanes of at least 4 members (excludes halogenated alkanes) is 8. The van der Waals surface area contributed by atoms with Crippen LogP contribution in [0.1, 0.15) is 176 Å². The second kappa shape index (κ2) is 37.6. The first-order valence-corrected chi connectivity index (χ1v) is 27.4. The van der Waals surface area contributed by atoms with Gasteiger partial charge in [0.15, 0.2) is 5.78 Å². The van der Waals surface area contributed by atoms with E-state index in [-0.39, 0.29) is 119 Å². The summed E-state index contributed by atoms with van der Waals surface area (Å²) in [6, 6.07) is 5.84. The van der Waals surface area contributed by atoms with Crippen molar-refractivity contribution < 1.29 is 73.5 Å². The fraction of sp³-hybridized carbons (Fsp3) is 0.654. The zero-order valence-electron chi connectivity index (χ0n) is 44.2. The standard InChI is InChI=1S/C52H80N8O15S/c1-37(53)17-16-32-76-44-35-48(67)57(51(44)70)28-14-8-18-41(52(71)72)34-43(63)36-56-50(69)40-20-15-19-39(33-40)49(68)55-27-10-6-13-31-59(74)46(65)24-22-42(62)21-7-3-4-11-30-60(75)47(66)25-23-45(64)54-26-9-5-12-29-58(73)38(2)61/h15,19-20,33,41,44,53,73-75H,3-14,16-18,21-32,34-36H2,1-2H3,(H,54,64)(H,55,68)(H,56,69)(H,71,72)/t41-,44?/m1/s1. The molecule has 0 aromatic heterocycles. The molecule has 1 aliphatic heterocycles. The highest BCUT2D eigenvalue weighted by molar-refractivity contribution is 8.00. The Bertz CT molecular complexity index is 2130. The Hall–Kier alpha value is -6.11. The molecule has 1 aromatic carbocycles. The van der Waals surface area contributed by atoms with E-state index in [9.17, 15) is 73.5 Å². The van der Waals surface area contributed by atoms with E-state index in [2.05, 4.69) is 16.0 Å². The summed E-state index contributed by atoms with van der Waals surface area (Å²) in [5.74, 6) is -5.72. The number of nitrogens with zero attached hydrogens (tertiary/aromatic N) is 4. The fourth-order valence-corrected chi connectivity index (χ4v) is 9.05. The Balaban J connectivity index is 1.54. The van der Waals surface area contributed by atoms with Crippen LogP contribution in [0.2, 0.25) is 0 Å². The molecule has 0 saturated carbocycles. The number of thioether (sulfide) groups is 1. The van der Waals surface area contributed by atoms with Gasteiger partial charge < -0.3 is 26.5 Å². The molecule has 24 heteroatoms. The third kappa shape index (κ3) is 28.1. The summed E-state index contributed by atoms with van der Waals surface area (Å²) in [4.78, 5) is 137. The van der Waals surface area contributed by atoms with Crippen LogP contribution in [0.5, 0.6) is 0 Å². The maximum Gasteiger partial charge on any atom is 0.306 e. The topological polar surface area (TPSA) is 342 Å². The van der Waals surface area contributed by atoms with Crippen LogP contribution >= 0.6 is 11.8 Å². The molecular formula is C52H80N8O15S. The second-order valence-electron chi connectivity index (χ2n) is 19.0. The van der Waals surface area contributed by atoms with E-state index >= 15 is 0 Å². The van der Waals surface area contributed by atoms with E-state index < -0.39 is 59.0 Å². The second-order valence-corrected chi connectivity index (χ2v) is 20.3. The van der Waals surface area contributed by atoms with Crippen molar-refractivity contribution >= 4 is 82.3 Å². The number of hydrogen-bond acceptors (Lipinski definition) is 16. The van der Waals surface area contributed by atoms with E-state index in [4.69, 9.17) is 5.41 Å². The number of Topliss-reactive ketones (excluding diaryl/α,β-unsaturated/α-hetero) is 2. The van der Waals surface area contributed by atoms with E-state index in [0.29, 0.717) is 117 Å². The number of ketones is 2. The highest BCUT2D eigenvalue weighted by Crippen LogP contribution is 2.27. The van der Waals surface area contributed by atoms with E-state index in [1.54, 1.807) is 6.92 Å². The first kappa shape index (κ1) is 66.0. The number of hydrogen-bond donors (Lipinski definition) is 8. The molecule has 1 saturated heterocycles. The number of imide groups is 1. The predicted molar refractivity (Wildman–Crippen MR) is 279 cm³/mol. The quantitative estimate of drug-likeness (QED) is 0.0142. The van der Waals surface area contributed by atoms with Gasteiger partial charge in [0, 0.05) is 108 Å². The van der Waals surface area contributed by atoms with Gasteiger partial charge in [0.05, 0.1) is 17.7 Å². The average molecular weight is 1090 g/mol. The predicted octanol–water partition coefficient (Wildman–Crippen LogP) is 4.87. The Kier molecular flexibility index (Phi) is 32.7. The minimum absolute atomic E-state index is 0.0282. The summed E-state index contributed by atoms with van der Waals surface area (Å²) >= 11 is 1.41. The van der Waals surface area contributed by atoms with Crippen molar-refractivity contribution in [3.05, 3.63) is 35.4 Å². The van der Waals surface area contributed by atoms with Crippen LogP contribution in [0.3, 0.4) is 0 Å². The minimum Gasteiger partial charge on any atom is -0.481 e. The minimum atomic E-state index is -1.18. The number of rotatable bonds is 42. The number of nitrogens with one attached hydrogen (secondary N) is 4. The van der Waals surface area contributed by atoms with Gasteiger partial charge in [0.2, 0.25) is 35.4 Å². The molecule has 1 aliphatic rings. The summed E-state index contributed by atoms with van der Waals surface area (Å²) in [5.41, 5.74) is 0.862. The molecule has 0 spiro atoms. The molecule has 8 N–H and O–H groups in total. The first-order chi connectivity index (χ1) is 36.2. The van der Waals surface area contributed by atoms with Crippen LogP contribution in [0, 0.1) is 11.3 Å². The maximum atomic E-state index is 12.9. The molecule has 0 bridgehead atoms. The highest BCUT2D eigenvalue weighted by atomic mass is 32.2. The van der Waals surface area contributed by atoms with Gasteiger partial charge in [0.25, 0.3) is 11.8 Å². The molecule has 1 aromatic rings. The molecule has 23 nitrogen and oxygen atoms in total. The van der Waals surface area contributed by atoms with Crippen molar-refractivity contribution in [3.8, 4) is 0 Å². The van der Waals surface area contributed by atoms with Crippen LogP contribution in [0.4, 0.5) is 0 Å². The van der Waals surface area contributed by atoms with Crippen LogP contribution < -0.4 is 16.0 Å². The molecule has 2 atom stereocenters. The Morgan fingerprint density at radius 3 is 1.83 bits per heavy atom. The van der Waals surface area contributed by atoms with Gasteiger partial charge in [-0.25, -0.2) is 15.2 Å². The van der Waals surface area contributed by atoms with Crippen molar-refractivity contribution in [1.29, 1.82) is 5.41 Å². The van der Waals surface area contributed by atoms with Gasteiger partial charge in [-0.3, -0.25) is 73.3 Å². The van der Waals surface area contributed by atoms with Crippen LogP contribution in [-0.2, 0) is 43.2 Å². The summed E-state index contributed by atoms with van der Waals surface area (Å²) in [7, 11) is 0. The van der Waals surface area contributed by atoms with Crippen molar-refractivity contribution in [1.82, 2.24) is 36.0 Å². The third-order valence-corrected chi connectivity index (χ3v) is 13.8. The van der Waals surface area contributed by atoms with Crippen LogP contribution in [0.25, 0.3) is 0 Å². The molecule has 0 radical (unpaired) electrons. The van der Waals surface area contributed by atoms with Gasteiger partial charge in [-0.1, -0.05) is 25.3 Å². The van der Waals surface area contributed by atoms with Gasteiger partial charge >= 0.3 is 5.97 Å². The lowest BCUT2D eigenvalue weighted by Crippen LogP contribution is -2.33. The van der Waals surface area contributed by atoms with Crippen molar-refractivity contribution in [3.63, 3.8) is 0 Å². The number of aliphatic carboxylic acids is 1. The van der Waals surface area contributed by atoms with Gasteiger partial charge in [-0.2, -0.15) is 0 Å². The fourth-order valence-electron chi connectivity index (χ4n) is 7.92. The van der Waals surface area contributed by atoms with Crippen LogP contribution in [0.15, 0.2) is 24.3 Å². The number of amides is 8. The van der Waals surface area contributed by atoms with Gasteiger partial charge in [-0.05, 0) is 108 Å². The zero-order chi connectivity index (χ0) is 56.4. The van der Waals surface area contributed by atoms with E-state index in [0.717, 1.165) is 6.42 Å². The summed E-state index contributed by atoms with van der Waals surface area (Å²) in [6.45, 7) is 3.68. The lowest BCUT2D eigenvalue weighted by atomic mass is 9.96. The molecule has 1 fully saturated rings. The molecule has 1 heterocycles. The molecule has 0 aliphatic carbocycles. The Morgan fingerprint density at radius 2 is 1.22 bits per heavy atom. The molecule has 76 heavy (non-hydrogen) atoms. The van der Waals surface area contributed by atoms with Gasteiger partial charge in [0.1, 0.15) is 5.78 Å².